The number of nitriles is 1. The molecule has 82 valence electrons. The lowest BCUT2D eigenvalue weighted by atomic mass is 10.2. The van der Waals surface area contributed by atoms with E-state index >= 15 is 0 Å². The second kappa shape index (κ2) is 5.28. The van der Waals surface area contributed by atoms with Gasteiger partial charge in [-0.3, -0.25) is 4.79 Å². The summed E-state index contributed by atoms with van der Waals surface area (Å²) in [7, 11) is 0. The number of carbonyl (C=O) groups excluding carboxylic acids is 1. The maximum atomic E-state index is 11.9. The Labute approximate surface area is 102 Å². The van der Waals surface area contributed by atoms with Crippen LogP contribution < -0.4 is 0 Å². The molecule has 5 heteroatoms. The van der Waals surface area contributed by atoms with Gasteiger partial charge in [-0.25, -0.2) is 0 Å². The van der Waals surface area contributed by atoms with Crippen LogP contribution >= 0.6 is 23.5 Å². The Morgan fingerprint density at radius 3 is 2.75 bits per heavy atom. The molecule has 16 heavy (non-hydrogen) atoms. The second-order valence-corrected chi connectivity index (χ2v) is 5.60. The summed E-state index contributed by atoms with van der Waals surface area (Å²) in [6.45, 7) is 0. The van der Waals surface area contributed by atoms with E-state index in [2.05, 4.69) is 0 Å². The van der Waals surface area contributed by atoms with E-state index in [1.807, 2.05) is 6.07 Å². The van der Waals surface area contributed by atoms with Crippen molar-refractivity contribution in [3.8, 4) is 6.07 Å². The largest absolute Gasteiger partial charge is 0.461 e. The van der Waals surface area contributed by atoms with Gasteiger partial charge in [-0.05, 0) is 30.1 Å². The topological polar surface area (TPSA) is 54.0 Å². The molecule has 0 spiro atoms. The van der Waals surface area contributed by atoms with Crippen molar-refractivity contribution in [1.82, 2.24) is 0 Å². The first-order chi connectivity index (χ1) is 7.83. The molecule has 3 nitrogen and oxygen atoms in total. The number of Topliss-reactive ketones (excluding diaryl/α,β-unsaturated/α-hetero) is 1. The SMILES string of the molecule is N#CC(C(=O)c1ccco1)=C1SCCCS1. The molecule has 0 atom stereocenters. The van der Waals surface area contributed by atoms with Crippen LogP contribution in [-0.4, -0.2) is 17.3 Å². The fraction of sp³-hybridized carbons (Fsp3) is 0.273. The van der Waals surface area contributed by atoms with Crippen LogP contribution in [0.4, 0.5) is 0 Å². The Morgan fingerprint density at radius 2 is 2.19 bits per heavy atom. The second-order valence-electron chi connectivity index (χ2n) is 3.13. The zero-order valence-corrected chi connectivity index (χ0v) is 10.1. The minimum absolute atomic E-state index is 0.213. The summed E-state index contributed by atoms with van der Waals surface area (Å²) >= 11 is 3.16. The van der Waals surface area contributed by atoms with Gasteiger partial charge in [0.25, 0.3) is 0 Å². The number of ketones is 1. The molecule has 0 unspecified atom stereocenters. The molecule has 0 bridgehead atoms. The first-order valence-electron chi connectivity index (χ1n) is 4.81. The van der Waals surface area contributed by atoms with Gasteiger partial charge in [0.15, 0.2) is 5.76 Å². The molecule has 0 N–H and O–H groups in total. The van der Waals surface area contributed by atoms with Gasteiger partial charge in [-0.15, -0.1) is 23.5 Å². The number of furan rings is 1. The van der Waals surface area contributed by atoms with Crippen molar-refractivity contribution in [1.29, 1.82) is 5.26 Å². The molecule has 1 aromatic heterocycles. The van der Waals surface area contributed by atoms with Crippen LogP contribution in [0.5, 0.6) is 0 Å². The van der Waals surface area contributed by atoms with Crippen molar-refractivity contribution < 1.29 is 9.21 Å². The lowest BCUT2D eigenvalue weighted by Gasteiger charge is -2.13. The van der Waals surface area contributed by atoms with Crippen molar-refractivity contribution in [3.05, 3.63) is 34.0 Å². The molecule has 0 amide bonds. The molecule has 2 heterocycles. The summed E-state index contributed by atoms with van der Waals surface area (Å²) in [5.41, 5.74) is 0.213. The summed E-state index contributed by atoms with van der Waals surface area (Å²) in [6, 6.07) is 5.22. The third-order valence-electron chi connectivity index (χ3n) is 2.04. The van der Waals surface area contributed by atoms with Crippen LogP contribution in [0, 0.1) is 11.3 Å². The highest BCUT2D eigenvalue weighted by Gasteiger charge is 2.21. The van der Waals surface area contributed by atoms with E-state index < -0.39 is 0 Å². The molecule has 1 aliphatic heterocycles. The molecule has 1 saturated heterocycles. The Kier molecular flexibility index (Phi) is 3.75. The fourth-order valence-corrected chi connectivity index (χ4v) is 3.82. The van der Waals surface area contributed by atoms with E-state index in [-0.39, 0.29) is 17.1 Å². The van der Waals surface area contributed by atoms with Crippen LogP contribution in [0.1, 0.15) is 17.0 Å². The van der Waals surface area contributed by atoms with Crippen LogP contribution in [0.25, 0.3) is 0 Å². The zero-order valence-electron chi connectivity index (χ0n) is 8.43. The van der Waals surface area contributed by atoms with E-state index in [1.54, 1.807) is 35.7 Å². The van der Waals surface area contributed by atoms with Gasteiger partial charge in [0.1, 0.15) is 11.6 Å². The summed E-state index contributed by atoms with van der Waals surface area (Å²) in [5, 5.41) is 9.05. The highest BCUT2D eigenvalue weighted by Crippen LogP contribution is 2.37. The number of nitrogens with zero attached hydrogens (tertiary/aromatic N) is 1. The van der Waals surface area contributed by atoms with Crippen molar-refractivity contribution in [2.75, 3.05) is 11.5 Å². The molecule has 2 rings (SSSR count). The summed E-state index contributed by atoms with van der Waals surface area (Å²) < 4.78 is 5.84. The van der Waals surface area contributed by atoms with Crippen LogP contribution in [0.3, 0.4) is 0 Å². The molecule has 1 fully saturated rings. The maximum Gasteiger partial charge on any atom is 0.240 e. The van der Waals surface area contributed by atoms with E-state index in [4.69, 9.17) is 9.68 Å². The normalized spacial score (nSPS) is 15.6. The molecule has 0 saturated carbocycles. The summed E-state index contributed by atoms with van der Waals surface area (Å²) in [4.78, 5) is 11.9. The lowest BCUT2D eigenvalue weighted by Crippen LogP contribution is -2.04. The van der Waals surface area contributed by atoms with Gasteiger partial charge in [-0.2, -0.15) is 5.26 Å². The Morgan fingerprint density at radius 1 is 1.44 bits per heavy atom. The fourth-order valence-electron chi connectivity index (χ4n) is 1.29. The molecular weight excluding hydrogens is 242 g/mol. The quantitative estimate of drug-likeness (QED) is 0.459. The number of hydrogen-bond donors (Lipinski definition) is 0. The molecule has 0 aromatic carbocycles. The highest BCUT2D eigenvalue weighted by molar-refractivity contribution is 8.22. The highest BCUT2D eigenvalue weighted by atomic mass is 32.2. The van der Waals surface area contributed by atoms with Gasteiger partial charge >= 0.3 is 0 Å². The Hall–Kier alpha value is -1.12. The van der Waals surface area contributed by atoms with E-state index in [0.717, 1.165) is 22.2 Å². The van der Waals surface area contributed by atoms with Gasteiger partial charge in [-0.1, -0.05) is 0 Å². The van der Waals surface area contributed by atoms with E-state index in [9.17, 15) is 4.79 Å². The molecule has 0 radical (unpaired) electrons. The minimum atomic E-state index is -0.315. The van der Waals surface area contributed by atoms with Crippen molar-refractivity contribution in [2.24, 2.45) is 0 Å². The number of carbonyl (C=O) groups is 1. The first-order valence-corrected chi connectivity index (χ1v) is 6.78. The van der Waals surface area contributed by atoms with Crippen molar-refractivity contribution in [3.63, 3.8) is 0 Å². The molecule has 1 aliphatic rings. The number of hydrogen-bond acceptors (Lipinski definition) is 5. The summed E-state index contributed by atoms with van der Waals surface area (Å²) in [6.07, 6.45) is 2.56. The van der Waals surface area contributed by atoms with Crippen LogP contribution in [0.15, 0.2) is 32.6 Å². The van der Waals surface area contributed by atoms with Gasteiger partial charge < -0.3 is 4.42 Å². The molecular formula is C11H9NO2S2. The third-order valence-corrected chi connectivity index (χ3v) is 4.67. The van der Waals surface area contributed by atoms with Gasteiger partial charge in [0, 0.05) is 0 Å². The van der Waals surface area contributed by atoms with Crippen molar-refractivity contribution >= 4 is 29.3 Å². The third kappa shape index (κ3) is 2.34. The molecule has 1 aromatic rings. The predicted octanol–water partition coefficient (Wildman–Crippen LogP) is 3.07. The van der Waals surface area contributed by atoms with Crippen LogP contribution in [-0.2, 0) is 0 Å². The Balaban J connectivity index is 2.29. The van der Waals surface area contributed by atoms with Crippen LogP contribution in [0.2, 0.25) is 0 Å². The van der Waals surface area contributed by atoms with E-state index in [0.29, 0.717) is 0 Å². The lowest BCUT2D eigenvalue weighted by molar-refractivity contribution is 0.101. The predicted molar refractivity (Wildman–Crippen MR) is 65.2 cm³/mol. The first kappa shape index (κ1) is 11.4. The standard InChI is InChI=1S/C11H9NO2S2/c12-7-8(11-15-5-2-6-16-11)10(13)9-3-1-4-14-9/h1,3-4H,2,5-6H2. The smallest absolute Gasteiger partial charge is 0.240 e. The average molecular weight is 251 g/mol. The molecule has 0 aliphatic carbocycles. The van der Waals surface area contributed by atoms with Crippen molar-refractivity contribution in [2.45, 2.75) is 6.42 Å². The summed E-state index contributed by atoms with van der Waals surface area (Å²) in [5.74, 6) is 1.86. The van der Waals surface area contributed by atoms with Gasteiger partial charge in [0.2, 0.25) is 5.78 Å². The number of allylic oxidation sites excluding steroid dienone is 1. The number of thioether (sulfide) groups is 2. The zero-order chi connectivity index (χ0) is 11.4. The Bertz CT molecular complexity index is 449. The maximum absolute atomic E-state index is 11.9. The monoisotopic (exact) mass is 251 g/mol. The van der Waals surface area contributed by atoms with E-state index in [1.165, 1.54) is 6.26 Å². The van der Waals surface area contributed by atoms with Gasteiger partial charge in [0.05, 0.1) is 10.5 Å². The number of rotatable bonds is 2. The average Bonchev–Trinajstić information content (AvgIpc) is 2.85. The minimum Gasteiger partial charge on any atom is -0.461 e.